The van der Waals surface area contributed by atoms with E-state index in [-0.39, 0.29) is 14.5 Å². The number of carbonyl (C=O) groups is 1. The van der Waals surface area contributed by atoms with Crippen LogP contribution in [0, 0.1) is 5.92 Å². The highest BCUT2D eigenvalue weighted by molar-refractivity contribution is 5.75. The van der Waals surface area contributed by atoms with Gasteiger partial charge in [-0.05, 0) is 19.4 Å². The molecule has 3 nitrogen and oxygen atoms in total. The standard InChI is InChI=1S/C9H16F2N2O.C2H6.H2/c1-2-7-3-4-13(5-8(12)14)6-9(7,10)11;1-2;/h7H,2-6H2,1H3,(H2,12,14);1-2H3;1H. The van der Waals surface area contributed by atoms with Crippen molar-refractivity contribution >= 4 is 5.91 Å². The first-order valence-corrected chi connectivity index (χ1v) is 5.84. The van der Waals surface area contributed by atoms with Crippen LogP contribution in [0.1, 0.15) is 35.0 Å². The van der Waals surface area contributed by atoms with E-state index in [0.29, 0.717) is 19.4 Å². The molecular weight excluding hydrogens is 214 g/mol. The Bertz CT molecular complexity index is 228. The highest BCUT2D eigenvalue weighted by Crippen LogP contribution is 2.34. The number of carbonyl (C=O) groups excluding carboxylic acids is 1. The van der Waals surface area contributed by atoms with Gasteiger partial charge in [-0.15, -0.1) is 0 Å². The predicted molar refractivity (Wildman–Crippen MR) is 62.4 cm³/mol. The van der Waals surface area contributed by atoms with Gasteiger partial charge in [0.2, 0.25) is 5.91 Å². The molecule has 5 heteroatoms. The smallest absolute Gasteiger partial charge is 0.263 e. The van der Waals surface area contributed by atoms with Gasteiger partial charge in [0.05, 0.1) is 13.1 Å². The quantitative estimate of drug-likeness (QED) is 0.818. The van der Waals surface area contributed by atoms with Crippen molar-refractivity contribution in [1.29, 1.82) is 0 Å². The second kappa shape index (κ2) is 6.78. The van der Waals surface area contributed by atoms with Crippen LogP contribution in [0.5, 0.6) is 0 Å². The van der Waals surface area contributed by atoms with Crippen LogP contribution in [0.4, 0.5) is 8.78 Å². The predicted octanol–water partition coefficient (Wildman–Crippen LogP) is 2.11. The number of likely N-dealkylation sites (tertiary alicyclic amines) is 1. The fraction of sp³-hybridized carbons (Fsp3) is 0.909. The maximum atomic E-state index is 13.4. The van der Waals surface area contributed by atoms with E-state index in [1.807, 2.05) is 13.8 Å². The maximum Gasteiger partial charge on any atom is 0.263 e. The van der Waals surface area contributed by atoms with Gasteiger partial charge in [-0.25, -0.2) is 8.78 Å². The zero-order valence-electron chi connectivity index (χ0n) is 10.3. The summed E-state index contributed by atoms with van der Waals surface area (Å²) < 4.78 is 26.8. The monoisotopic (exact) mass is 238 g/mol. The number of primary amides is 1. The third-order valence-electron chi connectivity index (χ3n) is 2.70. The van der Waals surface area contributed by atoms with Crippen LogP contribution in [-0.4, -0.2) is 36.4 Å². The Morgan fingerprint density at radius 1 is 1.56 bits per heavy atom. The van der Waals surface area contributed by atoms with Crippen LogP contribution in [-0.2, 0) is 4.79 Å². The lowest BCUT2D eigenvalue weighted by molar-refractivity contribution is -0.128. The average Bonchev–Trinajstić information content (AvgIpc) is 2.18. The van der Waals surface area contributed by atoms with Crippen molar-refractivity contribution in [2.75, 3.05) is 19.6 Å². The van der Waals surface area contributed by atoms with E-state index in [1.165, 1.54) is 4.90 Å². The van der Waals surface area contributed by atoms with Crippen LogP contribution in [0.15, 0.2) is 0 Å². The number of nitrogens with two attached hydrogens (primary N) is 1. The first-order chi connectivity index (χ1) is 7.45. The van der Waals surface area contributed by atoms with Crippen molar-refractivity contribution in [3.05, 3.63) is 0 Å². The molecule has 1 heterocycles. The zero-order valence-corrected chi connectivity index (χ0v) is 10.3. The molecule has 1 rings (SSSR count). The minimum Gasteiger partial charge on any atom is -0.369 e. The zero-order chi connectivity index (χ0) is 12.8. The van der Waals surface area contributed by atoms with Crippen molar-refractivity contribution in [1.82, 2.24) is 4.90 Å². The first kappa shape index (κ1) is 15.3. The molecule has 1 unspecified atom stereocenters. The SMILES string of the molecule is CC.CCC1CCN(CC(N)=O)CC1(F)F.[HH]. The summed E-state index contributed by atoms with van der Waals surface area (Å²) in [4.78, 5) is 12.0. The maximum absolute atomic E-state index is 13.4. The normalized spacial score (nSPS) is 24.4. The Kier molecular flexibility index (Phi) is 6.48. The molecule has 1 fully saturated rings. The van der Waals surface area contributed by atoms with E-state index in [0.717, 1.165) is 0 Å². The van der Waals surface area contributed by atoms with Gasteiger partial charge in [0.25, 0.3) is 5.92 Å². The lowest BCUT2D eigenvalue weighted by Gasteiger charge is -2.37. The number of piperidine rings is 1. The molecule has 0 aromatic heterocycles. The molecule has 1 aliphatic heterocycles. The van der Waals surface area contributed by atoms with E-state index in [2.05, 4.69) is 0 Å². The second-order valence-electron chi connectivity index (χ2n) is 3.83. The molecule has 0 radical (unpaired) electrons. The topological polar surface area (TPSA) is 46.3 Å². The van der Waals surface area contributed by atoms with Crippen molar-refractivity contribution < 1.29 is 15.0 Å². The molecule has 0 bridgehead atoms. The Balaban J connectivity index is 0. The fourth-order valence-electron chi connectivity index (χ4n) is 1.91. The summed E-state index contributed by atoms with van der Waals surface area (Å²) in [5.41, 5.74) is 4.95. The van der Waals surface area contributed by atoms with Crippen LogP contribution >= 0.6 is 0 Å². The summed E-state index contributed by atoms with van der Waals surface area (Å²) in [7, 11) is 0. The minimum absolute atomic E-state index is 0. The molecule has 98 valence electrons. The van der Waals surface area contributed by atoms with Gasteiger partial charge >= 0.3 is 0 Å². The third kappa shape index (κ3) is 4.43. The van der Waals surface area contributed by atoms with Crippen molar-refractivity contribution in [3.8, 4) is 0 Å². The molecule has 0 saturated carbocycles. The second-order valence-corrected chi connectivity index (χ2v) is 3.83. The molecular formula is C11H24F2N2O. The Morgan fingerprint density at radius 2 is 2.12 bits per heavy atom. The van der Waals surface area contributed by atoms with E-state index >= 15 is 0 Å². The number of rotatable bonds is 3. The highest BCUT2D eigenvalue weighted by atomic mass is 19.3. The van der Waals surface area contributed by atoms with Crippen molar-refractivity contribution in [2.45, 2.75) is 39.5 Å². The average molecular weight is 238 g/mol. The molecule has 1 amide bonds. The van der Waals surface area contributed by atoms with E-state index in [1.54, 1.807) is 6.92 Å². The number of nitrogens with zero attached hydrogens (tertiary/aromatic N) is 1. The molecule has 0 spiro atoms. The number of hydrogen-bond donors (Lipinski definition) is 1. The molecule has 0 aliphatic carbocycles. The molecule has 0 aromatic carbocycles. The summed E-state index contributed by atoms with van der Waals surface area (Å²) >= 11 is 0. The van der Waals surface area contributed by atoms with Crippen LogP contribution in [0.2, 0.25) is 0 Å². The molecule has 16 heavy (non-hydrogen) atoms. The molecule has 0 aromatic rings. The van der Waals surface area contributed by atoms with Crippen molar-refractivity contribution in [2.24, 2.45) is 11.7 Å². The highest BCUT2D eigenvalue weighted by Gasteiger charge is 2.43. The summed E-state index contributed by atoms with van der Waals surface area (Å²) in [5, 5.41) is 0. The van der Waals surface area contributed by atoms with Gasteiger partial charge in [-0.2, -0.15) is 0 Å². The Hall–Kier alpha value is -0.710. The van der Waals surface area contributed by atoms with Gasteiger partial charge < -0.3 is 5.73 Å². The van der Waals surface area contributed by atoms with Crippen molar-refractivity contribution in [3.63, 3.8) is 0 Å². The summed E-state index contributed by atoms with van der Waals surface area (Å²) in [6.07, 6.45) is 0.925. The lowest BCUT2D eigenvalue weighted by Crippen LogP contribution is -2.50. The summed E-state index contributed by atoms with van der Waals surface area (Å²) in [6.45, 7) is 5.90. The molecule has 1 atom stereocenters. The van der Waals surface area contributed by atoms with E-state index in [4.69, 9.17) is 5.73 Å². The number of alkyl halides is 2. The van der Waals surface area contributed by atoms with E-state index in [9.17, 15) is 13.6 Å². The Morgan fingerprint density at radius 3 is 2.50 bits per heavy atom. The van der Waals surface area contributed by atoms with Gasteiger partial charge in [0.1, 0.15) is 0 Å². The molecule has 1 aliphatic rings. The Labute approximate surface area is 97.5 Å². The fourth-order valence-corrected chi connectivity index (χ4v) is 1.91. The molecule has 1 saturated heterocycles. The van der Waals surface area contributed by atoms with Crippen LogP contribution in [0.3, 0.4) is 0 Å². The van der Waals surface area contributed by atoms with Gasteiger partial charge in [-0.1, -0.05) is 20.8 Å². The summed E-state index contributed by atoms with van der Waals surface area (Å²) in [5.74, 6) is -3.77. The molecule has 2 N–H and O–H groups in total. The van der Waals surface area contributed by atoms with E-state index < -0.39 is 17.7 Å². The summed E-state index contributed by atoms with van der Waals surface area (Å²) in [6, 6.07) is 0. The number of amides is 1. The van der Waals surface area contributed by atoms with Gasteiger partial charge in [-0.3, -0.25) is 9.69 Å². The largest absolute Gasteiger partial charge is 0.369 e. The van der Waals surface area contributed by atoms with Crippen LogP contribution in [0.25, 0.3) is 0 Å². The first-order valence-electron chi connectivity index (χ1n) is 5.84. The number of hydrogen-bond acceptors (Lipinski definition) is 2. The van der Waals surface area contributed by atoms with Gasteiger partial charge in [0, 0.05) is 7.34 Å². The van der Waals surface area contributed by atoms with Gasteiger partial charge in [0.15, 0.2) is 0 Å². The third-order valence-corrected chi connectivity index (χ3v) is 2.70. The van der Waals surface area contributed by atoms with Crippen LogP contribution < -0.4 is 5.73 Å². The number of halogens is 2. The minimum atomic E-state index is -2.68. The lowest BCUT2D eigenvalue weighted by atomic mass is 9.90.